The molecule has 5 atom stereocenters. The van der Waals surface area contributed by atoms with Gasteiger partial charge in [-0.3, -0.25) is 18.9 Å². The number of phosphoric acid groups is 1. The zero-order chi connectivity index (χ0) is 44.8. The zero-order valence-electron chi connectivity index (χ0n) is 39.1. The van der Waals surface area contributed by atoms with E-state index in [4.69, 9.17) is 18.7 Å². The number of aliphatic hydroxyl groups excluding tert-OH is 1. The molecule has 0 aromatic rings. The number of hydrogen-bond acceptors (Lipinski definition) is 9. The molecule has 12 nitrogen and oxygen atoms in total. The van der Waals surface area contributed by atoms with Crippen molar-refractivity contribution in [2.75, 3.05) is 13.2 Å². The summed E-state index contributed by atoms with van der Waals surface area (Å²) in [6.45, 7) is 5.83. The molecule has 0 aromatic heterocycles. The van der Waals surface area contributed by atoms with Gasteiger partial charge in [-0.15, -0.1) is 0 Å². The summed E-state index contributed by atoms with van der Waals surface area (Å²) in [6, 6.07) is -1.02. The molecule has 1 unspecified atom stereocenters. The number of phosphoric ester groups is 1. The van der Waals surface area contributed by atoms with E-state index in [0.29, 0.717) is 19.3 Å². The predicted molar refractivity (Wildman–Crippen MR) is 244 cm³/mol. The molecular weight excluding hydrogens is 797 g/mol. The van der Waals surface area contributed by atoms with Gasteiger partial charge in [0.25, 0.3) is 0 Å². The molecule has 1 rings (SSSR count). The summed E-state index contributed by atoms with van der Waals surface area (Å²) in [5.41, 5.74) is 0. The highest BCUT2D eigenvalue weighted by atomic mass is 31.2. The molecule has 61 heavy (non-hydrogen) atoms. The molecule has 0 aromatic carbocycles. The Bertz CT molecular complexity index is 1120. The third kappa shape index (κ3) is 32.7. The first-order valence-corrected chi connectivity index (χ1v) is 26.7. The quantitative estimate of drug-likeness (QED) is 0.0260. The van der Waals surface area contributed by atoms with E-state index in [0.717, 1.165) is 64.2 Å². The fourth-order valence-corrected chi connectivity index (χ4v) is 8.83. The molecule has 360 valence electrons. The maximum Gasteiger partial charge on any atom is 0.470 e. The largest absolute Gasteiger partial charge is 0.470 e. The van der Waals surface area contributed by atoms with Crippen molar-refractivity contribution in [1.82, 2.24) is 5.32 Å². The van der Waals surface area contributed by atoms with Crippen LogP contribution in [0, 0.1) is 0 Å². The average Bonchev–Trinajstić information content (AvgIpc) is 3.22. The Hall–Kier alpha value is -1.56. The van der Waals surface area contributed by atoms with E-state index in [-0.39, 0.29) is 25.4 Å². The highest BCUT2D eigenvalue weighted by Gasteiger charge is 2.47. The van der Waals surface area contributed by atoms with Crippen molar-refractivity contribution in [3.63, 3.8) is 0 Å². The lowest BCUT2D eigenvalue weighted by atomic mass is 9.97. The van der Waals surface area contributed by atoms with Gasteiger partial charge in [0.15, 0.2) is 6.10 Å². The van der Waals surface area contributed by atoms with E-state index >= 15 is 0 Å². The number of aliphatic hydroxyl groups is 1. The second-order valence-corrected chi connectivity index (χ2v) is 18.9. The third-order valence-corrected chi connectivity index (χ3v) is 12.5. The second kappa shape index (κ2) is 38.9. The summed E-state index contributed by atoms with van der Waals surface area (Å²) < 4.78 is 34.5. The first-order chi connectivity index (χ1) is 29.5. The van der Waals surface area contributed by atoms with Crippen LogP contribution < -0.4 is 5.32 Å². The monoisotopic (exact) mass is 890 g/mol. The van der Waals surface area contributed by atoms with Crippen LogP contribution in [0.15, 0.2) is 0 Å². The minimum absolute atomic E-state index is 0.0946. The van der Waals surface area contributed by atoms with E-state index < -0.39 is 56.8 Å². The number of ether oxygens (including phenoxy) is 3. The summed E-state index contributed by atoms with van der Waals surface area (Å²) >= 11 is 0. The first-order valence-electron chi connectivity index (χ1n) is 25.2. The molecule has 0 saturated carbocycles. The summed E-state index contributed by atoms with van der Waals surface area (Å²) in [5.74, 6) is -1.38. The molecule has 0 bridgehead atoms. The van der Waals surface area contributed by atoms with E-state index in [9.17, 15) is 33.8 Å². The minimum Gasteiger partial charge on any atom is -0.462 e. The predicted octanol–water partition coefficient (Wildman–Crippen LogP) is 11.9. The maximum absolute atomic E-state index is 13.6. The maximum atomic E-state index is 13.6. The Morgan fingerprint density at radius 1 is 0.590 bits per heavy atom. The van der Waals surface area contributed by atoms with Gasteiger partial charge >= 0.3 is 19.8 Å². The van der Waals surface area contributed by atoms with Crippen molar-refractivity contribution in [3.05, 3.63) is 0 Å². The van der Waals surface area contributed by atoms with Crippen LogP contribution in [-0.2, 0) is 37.7 Å². The van der Waals surface area contributed by atoms with E-state index in [1.165, 1.54) is 128 Å². The first kappa shape index (κ1) is 57.5. The van der Waals surface area contributed by atoms with Crippen LogP contribution in [0.25, 0.3) is 0 Å². The number of nitrogens with one attached hydrogen (secondary N) is 1. The van der Waals surface area contributed by atoms with Crippen molar-refractivity contribution in [2.24, 2.45) is 0 Å². The van der Waals surface area contributed by atoms with E-state index in [1.807, 2.05) is 0 Å². The minimum atomic E-state index is -5.12. The van der Waals surface area contributed by atoms with Crippen LogP contribution in [0.4, 0.5) is 0 Å². The van der Waals surface area contributed by atoms with Gasteiger partial charge in [-0.25, -0.2) is 4.57 Å². The lowest BCUT2D eigenvalue weighted by Gasteiger charge is -2.41. The van der Waals surface area contributed by atoms with Crippen LogP contribution >= 0.6 is 7.82 Å². The highest BCUT2D eigenvalue weighted by Crippen LogP contribution is 2.41. The van der Waals surface area contributed by atoms with Gasteiger partial charge in [0, 0.05) is 12.8 Å². The topological polar surface area (TPSA) is 178 Å². The summed E-state index contributed by atoms with van der Waals surface area (Å²) in [6.07, 6.45) is 31.6. The van der Waals surface area contributed by atoms with Gasteiger partial charge in [0.2, 0.25) is 5.91 Å². The number of carbonyl (C=O) groups excluding carboxylic acids is 3. The Balaban J connectivity index is 2.81. The number of carbonyl (C=O) groups is 3. The van der Waals surface area contributed by atoms with Gasteiger partial charge in [-0.1, -0.05) is 201 Å². The van der Waals surface area contributed by atoms with Crippen molar-refractivity contribution in [2.45, 2.75) is 276 Å². The van der Waals surface area contributed by atoms with Crippen LogP contribution in [0.1, 0.15) is 245 Å². The van der Waals surface area contributed by atoms with Gasteiger partial charge < -0.3 is 34.4 Å². The Kier molecular flexibility index (Phi) is 36.6. The van der Waals surface area contributed by atoms with Crippen molar-refractivity contribution in [3.8, 4) is 0 Å². The van der Waals surface area contributed by atoms with Crippen molar-refractivity contribution >= 4 is 25.7 Å². The number of esters is 2. The van der Waals surface area contributed by atoms with Gasteiger partial charge in [0.05, 0.1) is 25.7 Å². The number of rotatable bonds is 42. The molecule has 1 aliphatic rings. The molecule has 0 aliphatic carbocycles. The average molecular weight is 890 g/mol. The number of amides is 1. The normalized spacial score (nSPS) is 18.5. The summed E-state index contributed by atoms with van der Waals surface area (Å²) in [7, 11) is -5.12. The molecule has 0 spiro atoms. The Morgan fingerprint density at radius 2 is 0.984 bits per heavy atom. The van der Waals surface area contributed by atoms with Crippen LogP contribution in [0.2, 0.25) is 0 Å². The fraction of sp³-hybridized carbons (Fsp3) is 0.938. The van der Waals surface area contributed by atoms with Crippen LogP contribution in [0.5, 0.6) is 0 Å². The number of unbranched alkanes of at least 4 members (excludes halogenated alkanes) is 28. The highest BCUT2D eigenvalue weighted by molar-refractivity contribution is 7.46. The molecule has 1 aliphatic heterocycles. The Morgan fingerprint density at radius 3 is 1.39 bits per heavy atom. The van der Waals surface area contributed by atoms with E-state index in [1.54, 1.807) is 0 Å². The molecule has 1 heterocycles. The Labute approximate surface area is 371 Å². The molecule has 4 N–H and O–H groups in total. The standard InChI is InChI=1S/C48H92NO11P/c1-4-7-10-13-16-19-21-24-27-30-33-36-45(52)58-41(35-32-29-26-23-18-15-12-9-6-3)38-44(51)49-42-40-57-43(39-50)48(60-61(54,55)56)47(42)59-46(53)37-34-31-28-25-22-20-17-14-11-8-5-2/h41-43,47-48,50H,4-40H2,1-3H3,(H,49,51)(H2,54,55,56)/t41?,42-,43+,47+,48+/m0/s1. The van der Waals surface area contributed by atoms with Crippen molar-refractivity contribution in [1.29, 1.82) is 0 Å². The smallest absolute Gasteiger partial charge is 0.462 e. The SMILES string of the molecule is CCCCCCCCCCCCCC(=O)OC(CCCCCCCCCCC)CC(=O)N[C@H]1CO[C@H](CO)[C@@H](OP(=O)(O)O)[C@@H]1OC(=O)CCCCCCCCCCCCC. The van der Waals surface area contributed by atoms with Crippen LogP contribution in [0.3, 0.4) is 0 Å². The van der Waals surface area contributed by atoms with Gasteiger partial charge in [0.1, 0.15) is 18.3 Å². The molecule has 13 heteroatoms. The summed E-state index contributed by atoms with van der Waals surface area (Å²) in [4.78, 5) is 59.3. The number of hydrogen-bond donors (Lipinski definition) is 4. The lowest BCUT2D eigenvalue weighted by molar-refractivity contribution is -0.188. The zero-order valence-corrected chi connectivity index (χ0v) is 40.0. The van der Waals surface area contributed by atoms with Gasteiger partial charge in [-0.05, 0) is 25.7 Å². The van der Waals surface area contributed by atoms with Gasteiger partial charge in [-0.2, -0.15) is 0 Å². The molecular formula is C48H92NO11P. The molecule has 1 amide bonds. The van der Waals surface area contributed by atoms with E-state index in [2.05, 4.69) is 26.1 Å². The van der Waals surface area contributed by atoms with Crippen LogP contribution in [-0.4, -0.2) is 76.4 Å². The molecule has 0 radical (unpaired) electrons. The third-order valence-electron chi connectivity index (χ3n) is 11.9. The van der Waals surface area contributed by atoms with Crippen molar-refractivity contribution < 1.29 is 52.6 Å². The second-order valence-electron chi connectivity index (χ2n) is 17.7. The lowest BCUT2D eigenvalue weighted by Crippen LogP contribution is -2.62. The molecule has 1 saturated heterocycles. The summed E-state index contributed by atoms with van der Waals surface area (Å²) in [5, 5.41) is 12.8. The molecule has 1 fully saturated rings. The fourth-order valence-electron chi connectivity index (χ4n) is 8.25.